The van der Waals surface area contributed by atoms with E-state index in [2.05, 4.69) is 30.5 Å². The van der Waals surface area contributed by atoms with Gasteiger partial charge in [-0.2, -0.15) is 0 Å². The number of hydrogen-bond donors (Lipinski definition) is 3. The molecular formula is C29H32N8O3. The summed E-state index contributed by atoms with van der Waals surface area (Å²) in [5.74, 6) is 1.04. The smallest absolute Gasteiger partial charge is 0.248 e. The number of rotatable bonds is 9. The second kappa shape index (κ2) is 12.6. The molecule has 11 nitrogen and oxygen atoms in total. The van der Waals surface area contributed by atoms with Crippen LogP contribution in [0.4, 0.5) is 23.1 Å². The van der Waals surface area contributed by atoms with Crippen LogP contribution in [-0.2, 0) is 9.53 Å². The van der Waals surface area contributed by atoms with E-state index < -0.39 is 0 Å². The molecule has 1 aliphatic heterocycles. The van der Waals surface area contributed by atoms with E-state index in [9.17, 15) is 9.90 Å². The van der Waals surface area contributed by atoms with Crippen molar-refractivity contribution < 1.29 is 14.6 Å². The predicted octanol–water partition coefficient (Wildman–Crippen LogP) is 3.08. The number of carbonyl (C=O) groups excluding carboxylic acids is 1. The molecular weight excluding hydrogens is 508 g/mol. The average molecular weight is 541 g/mol. The van der Waals surface area contributed by atoms with Crippen LogP contribution in [0, 0.1) is 0 Å². The molecule has 1 aromatic carbocycles. The number of aliphatic hydroxyl groups is 1. The van der Waals surface area contributed by atoms with Crippen molar-refractivity contribution in [3.05, 3.63) is 73.2 Å². The Kier molecular flexibility index (Phi) is 8.55. The van der Waals surface area contributed by atoms with Gasteiger partial charge in [0, 0.05) is 54.7 Å². The van der Waals surface area contributed by atoms with E-state index in [-0.39, 0.29) is 18.6 Å². The molecule has 3 N–H and O–H groups in total. The number of aromatic nitrogens is 4. The monoisotopic (exact) mass is 540 g/mol. The molecule has 11 heteroatoms. The van der Waals surface area contributed by atoms with Crippen molar-refractivity contribution in [3.63, 3.8) is 0 Å². The summed E-state index contributed by atoms with van der Waals surface area (Å²) in [7, 11) is 3.89. The molecule has 4 aromatic rings. The number of hydrogen-bond acceptors (Lipinski definition) is 10. The normalized spacial score (nSPS) is 15.6. The Labute approximate surface area is 232 Å². The fourth-order valence-corrected chi connectivity index (χ4v) is 4.34. The number of aliphatic hydroxyl groups excluding tert-OH is 1. The first kappa shape index (κ1) is 27.1. The number of benzene rings is 1. The van der Waals surface area contributed by atoms with E-state index in [0.29, 0.717) is 42.5 Å². The molecule has 1 atom stereocenters. The van der Waals surface area contributed by atoms with E-state index >= 15 is 0 Å². The lowest BCUT2D eigenvalue weighted by Gasteiger charge is -2.32. The fraction of sp³-hybridized carbons (Fsp3) is 0.276. The second-order valence-electron chi connectivity index (χ2n) is 9.68. The average Bonchev–Trinajstić information content (AvgIpc) is 2.97. The van der Waals surface area contributed by atoms with E-state index in [1.807, 2.05) is 67.5 Å². The lowest BCUT2D eigenvalue weighted by molar-refractivity contribution is -0.111. The first-order valence-corrected chi connectivity index (χ1v) is 13.0. The maximum Gasteiger partial charge on any atom is 0.248 e. The summed E-state index contributed by atoms with van der Waals surface area (Å²) in [6.07, 6.45) is 8.34. The Morgan fingerprint density at radius 1 is 1.15 bits per heavy atom. The Morgan fingerprint density at radius 2 is 2.05 bits per heavy atom. The van der Waals surface area contributed by atoms with Crippen LogP contribution in [0.5, 0.6) is 0 Å². The third kappa shape index (κ3) is 6.75. The summed E-state index contributed by atoms with van der Waals surface area (Å²) in [5.41, 5.74) is 3.60. The van der Waals surface area contributed by atoms with Gasteiger partial charge in [-0.05, 0) is 44.4 Å². The van der Waals surface area contributed by atoms with Gasteiger partial charge in [-0.15, -0.1) is 0 Å². The predicted molar refractivity (Wildman–Crippen MR) is 156 cm³/mol. The number of anilines is 4. The van der Waals surface area contributed by atoms with Crippen LogP contribution in [0.3, 0.4) is 0 Å². The van der Waals surface area contributed by atoms with Gasteiger partial charge in [0.1, 0.15) is 11.3 Å². The van der Waals surface area contributed by atoms with Crippen molar-refractivity contribution >= 4 is 40.0 Å². The van der Waals surface area contributed by atoms with Crippen molar-refractivity contribution in [2.24, 2.45) is 0 Å². The molecule has 0 radical (unpaired) electrons. The van der Waals surface area contributed by atoms with Crippen LogP contribution >= 0.6 is 0 Å². The first-order chi connectivity index (χ1) is 19.5. The quantitative estimate of drug-likeness (QED) is 0.273. The Balaban J connectivity index is 1.33. The van der Waals surface area contributed by atoms with Crippen molar-refractivity contribution in [3.8, 4) is 11.3 Å². The van der Waals surface area contributed by atoms with Crippen LogP contribution in [0.2, 0.25) is 0 Å². The minimum atomic E-state index is -0.205. The topological polar surface area (TPSA) is 129 Å². The van der Waals surface area contributed by atoms with Gasteiger partial charge in [0.2, 0.25) is 11.9 Å². The van der Waals surface area contributed by atoms with Gasteiger partial charge in [0.05, 0.1) is 36.9 Å². The van der Waals surface area contributed by atoms with Crippen LogP contribution in [0.15, 0.2) is 73.2 Å². The Bertz CT molecular complexity index is 1490. The molecule has 5 rings (SSSR count). The number of nitrogens with one attached hydrogen (secondary N) is 2. The number of ether oxygens (including phenoxy) is 1. The molecule has 0 bridgehead atoms. The highest BCUT2D eigenvalue weighted by Crippen LogP contribution is 2.28. The Morgan fingerprint density at radius 3 is 2.85 bits per heavy atom. The molecule has 1 fully saturated rings. The van der Waals surface area contributed by atoms with Gasteiger partial charge in [-0.1, -0.05) is 18.2 Å². The van der Waals surface area contributed by atoms with Crippen molar-refractivity contribution in [2.45, 2.75) is 6.10 Å². The van der Waals surface area contributed by atoms with E-state index in [1.165, 1.54) is 6.08 Å². The summed E-state index contributed by atoms with van der Waals surface area (Å²) in [6, 6.07) is 13.2. The highest BCUT2D eigenvalue weighted by molar-refractivity contribution is 6.00. The lowest BCUT2D eigenvalue weighted by Crippen LogP contribution is -2.44. The number of morpholine rings is 1. The summed E-state index contributed by atoms with van der Waals surface area (Å²) in [5, 5.41) is 16.4. The van der Waals surface area contributed by atoms with Gasteiger partial charge in [-0.3, -0.25) is 9.78 Å². The largest absolute Gasteiger partial charge is 0.394 e. The molecule has 0 saturated carbocycles. The zero-order chi connectivity index (χ0) is 27.9. The fourth-order valence-electron chi connectivity index (χ4n) is 4.34. The van der Waals surface area contributed by atoms with E-state index in [1.54, 1.807) is 18.6 Å². The number of fused-ring (bicyclic) bond motifs is 1. The Hall–Kier alpha value is -4.45. The molecule has 1 unspecified atom stereocenters. The first-order valence-electron chi connectivity index (χ1n) is 13.0. The minimum Gasteiger partial charge on any atom is -0.394 e. The maximum absolute atomic E-state index is 12.3. The molecule has 1 saturated heterocycles. The van der Waals surface area contributed by atoms with Crippen molar-refractivity contribution in [2.75, 3.05) is 62.5 Å². The number of likely N-dealkylation sites (N-methyl/N-ethyl adjacent to an activating group) is 1. The third-order valence-corrected chi connectivity index (χ3v) is 6.31. The highest BCUT2D eigenvalue weighted by atomic mass is 16.5. The van der Waals surface area contributed by atoms with Crippen molar-refractivity contribution in [1.29, 1.82) is 0 Å². The molecule has 0 spiro atoms. The molecule has 206 valence electrons. The van der Waals surface area contributed by atoms with Gasteiger partial charge in [-0.25, -0.2) is 15.0 Å². The van der Waals surface area contributed by atoms with Crippen LogP contribution < -0.4 is 15.5 Å². The molecule has 3 aromatic heterocycles. The van der Waals surface area contributed by atoms with Gasteiger partial charge < -0.3 is 30.3 Å². The van der Waals surface area contributed by atoms with Gasteiger partial charge >= 0.3 is 0 Å². The van der Waals surface area contributed by atoms with Crippen LogP contribution in [-0.4, -0.2) is 88.9 Å². The molecule has 1 amide bonds. The summed E-state index contributed by atoms with van der Waals surface area (Å²) in [4.78, 5) is 34.8. The number of pyridine rings is 2. The second-order valence-corrected chi connectivity index (χ2v) is 9.68. The van der Waals surface area contributed by atoms with Crippen LogP contribution in [0.1, 0.15) is 0 Å². The summed E-state index contributed by atoms with van der Waals surface area (Å²) in [6.45, 7) is 2.54. The minimum absolute atomic E-state index is 0.0143. The van der Waals surface area contributed by atoms with Crippen LogP contribution in [0.25, 0.3) is 22.2 Å². The standard InChI is InChI=1S/C29H32N8O3/c1-36(2)12-4-7-26(39)33-22-6-3-5-20(15-22)27-28-21(10-11-30-27)16-32-29(35-28)34-23-8-9-25(31-17-23)37-13-14-40-24(18-37)19-38/h3-11,15-17,24,38H,12-14,18-19H2,1-2H3,(H,33,39)(H,32,34,35)/b7-4+. The van der Waals surface area contributed by atoms with Gasteiger partial charge in [0.15, 0.2) is 0 Å². The maximum atomic E-state index is 12.3. The number of carbonyl (C=O) groups is 1. The van der Waals surface area contributed by atoms with E-state index in [0.717, 1.165) is 29.0 Å². The number of nitrogens with zero attached hydrogens (tertiary/aromatic N) is 6. The third-order valence-electron chi connectivity index (χ3n) is 6.31. The summed E-state index contributed by atoms with van der Waals surface area (Å²) < 4.78 is 5.53. The molecule has 4 heterocycles. The summed E-state index contributed by atoms with van der Waals surface area (Å²) >= 11 is 0. The molecule has 0 aliphatic carbocycles. The van der Waals surface area contributed by atoms with Gasteiger partial charge in [0.25, 0.3) is 0 Å². The zero-order valence-corrected chi connectivity index (χ0v) is 22.5. The number of amides is 1. The van der Waals surface area contributed by atoms with Crippen molar-refractivity contribution in [1.82, 2.24) is 24.8 Å². The zero-order valence-electron chi connectivity index (χ0n) is 22.5. The highest BCUT2D eigenvalue weighted by Gasteiger charge is 2.20. The lowest BCUT2D eigenvalue weighted by atomic mass is 10.1. The molecule has 1 aliphatic rings. The molecule has 40 heavy (non-hydrogen) atoms. The SMILES string of the molecule is CN(C)C/C=C/C(=O)Nc1cccc(-c2nccc3cnc(Nc4ccc(N5CCOC(CO)C5)nc4)nc23)c1. The van der Waals surface area contributed by atoms with E-state index in [4.69, 9.17) is 9.72 Å².